The summed E-state index contributed by atoms with van der Waals surface area (Å²) in [5.41, 5.74) is 0.674. The molecule has 0 aromatic heterocycles. The summed E-state index contributed by atoms with van der Waals surface area (Å²) in [6.07, 6.45) is 3.87. The lowest BCUT2D eigenvalue weighted by Crippen LogP contribution is -2.58. The zero-order chi connectivity index (χ0) is 17.4. The number of anilines is 1. The number of ether oxygens (including phenoxy) is 2. The average Bonchev–Trinajstić information content (AvgIpc) is 2.64. The fraction of sp³-hybridized carbons (Fsp3) is 0.579. The van der Waals surface area contributed by atoms with E-state index >= 15 is 0 Å². The zero-order valence-corrected chi connectivity index (χ0v) is 14.5. The fourth-order valence-electron chi connectivity index (χ4n) is 4.15. The maximum Gasteiger partial charge on any atom is 0.268 e. The van der Waals surface area contributed by atoms with E-state index in [1.54, 1.807) is 11.8 Å². The van der Waals surface area contributed by atoms with Crippen LogP contribution in [0.1, 0.15) is 32.6 Å². The number of amides is 2. The van der Waals surface area contributed by atoms with E-state index in [4.69, 9.17) is 9.47 Å². The predicted octanol–water partition coefficient (Wildman–Crippen LogP) is 1.97. The first kappa shape index (κ1) is 16.4. The van der Waals surface area contributed by atoms with Crippen molar-refractivity contribution in [3.63, 3.8) is 0 Å². The third-order valence-electron chi connectivity index (χ3n) is 5.42. The molecule has 0 radical (unpaired) electrons. The standard InChI is InChI=1S/C19H24N2O4/c1-13-19(23)21(15-7-3-5-9-17(15)25-13)12-18(22)20-10-11-24-16-8-4-2-6-14(16)20/h3,5,7,9,13-14,16H,2,4,6,8,10-12H2,1H3/t13-,14+,16-/m0/s1. The summed E-state index contributed by atoms with van der Waals surface area (Å²) in [6, 6.07) is 7.54. The normalized spacial score (nSPS) is 28.8. The van der Waals surface area contributed by atoms with Gasteiger partial charge in [0.2, 0.25) is 5.91 Å². The van der Waals surface area contributed by atoms with Crippen LogP contribution in [0, 0.1) is 0 Å². The minimum atomic E-state index is -0.574. The molecular formula is C19H24N2O4. The highest BCUT2D eigenvalue weighted by molar-refractivity contribution is 6.03. The van der Waals surface area contributed by atoms with Crippen molar-refractivity contribution >= 4 is 17.5 Å². The molecule has 6 nitrogen and oxygen atoms in total. The van der Waals surface area contributed by atoms with E-state index in [0.29, 0.717) is 24.6 Å². The third-order valence-corrected chi connectivity index (χ3v) is 5.42. The van der Waals surface area contributed by atoms with Crippen molar-refractivity contribution in [2.24, 2.45) is 0 Å². The van der Waals surface area contributed by atoms with Crippen LogP contribution in [0.15, 0.2) is 24.3 Å². The van der Waals surface area contributed by atoms with Crippen molar-refractivity contribution in [2.75, 3.05) is 24.6 Å². The Balaban J connectivity index is 1.54. The lowest BCUT2D eigenvalue weighted by atomic mass is 9.90. The SMILES string of the molecule is C[C@@H]1Oc2ccccc2N(CC(=O)N2CCO[C@H]3CCCC[C@H]32)C1=O. The Bertz CT molecular complexity index is 675. The van der Waals surface area contributed by atoms with Gasteiger partial charge in [-0.3, -0.25) is 14.5 Å². The Morgan fingerprint density at radius 2 is 2.04 bits per heavy atom. The van der Waals surface area contributed by atoms with Crippen molar-refractivity contribution in [1.29, 1.82) is 0 Å². The number of nitrogens with zero attached hydrogens (tertiary/aromatic N) is 2. The van der Waals surface area contributed by atoms with Crippen LogP contribution >= 0.6 is 0 Å². The first-order valence-electron chi connectivity index (χ1n) is 9.13. The molecule has 4 rings (SSSR count). The van der Waals surface area contributed by atoms with Crippen LogP contribution in [-0.2, 0) is 14.3 Å². The second-order valence-corrected chi connectivity index (χ2v) is 7.00. The fourth-order valence-corrected chi connectivity index (χ4v) is 4.15. The molecule has 1 saturated carbocycles. The summed E-state index contributed by atoms with van der Waals surface area (Å²) in [4.78, 5) is 29.1. The van der Waals surface area contributed by atoms with E-state index in [9.17, 15) is 9.59 Å². The summed E-state index contributed by atoms with van der Waals surface area (Å²) in [5.74, 6) is 0.484. The van der Waals surface area contributed by atoms with Crippen molar-refractivity contribution < 1.29 is 19.1 Å². The maximum absolute atomic E-state index is 13.0. The Labute approximate surface area is 147 Å². The van der Waals surface area contributed by atoms with E-state index in [1.807, 2.05) is 29.2 Å². The lowest BCUT2D eigenvalue weighted by molar-refractivity contribution is -0.149. The molecule has 2 aliphatic heterocycles. The summed E-state index contributed by atoms with van der Waals surface area (Å²) in [5, 5.41) is 0. The topological polar surface area (TPSA) is 59.1 Å². The van der Waals surface area contributed by atoms with E-state index in [2.05, 4.69) is 0 Å². The van der Waals surface area contributed by atoms with Gasteiger partial charge >= 0.3 is 0 Å². The molecule has 1 saturated heterocycles. The zero-order valence-electron chi connectivity index (χ0n) is 14.5. The number of carbonyl (C=O) groups is 2. The highest BCUT2D eigenvalue weighted by Crippen LogP contribution is 2.34. The summed E-state index contributed by atoms with van der Waals surface area (Å²) in [6.45, 7) is 2.97. The van der Waals surface area contributed by atoms with Crippen LogP contribution < -0.4 is 9.64 Å². The molecule has 6 heteroatoms. The predicted molar refractivity (Wildman–Crippen MR) is 92.6 cm³/mol. The van der Waals surface area contributed by atoms with Gasteiger partial charge in [-0.2, -0.15) is 0 Å². The van der Waals surface area contributed by atoms with Crippen LogP contribution in [0.4, 0.5) is 5.69 Å². The Morgan fingerprint density at radius 1 is 1.24 bits per heavy atom. The number of para-hydroxylation sites is 2. The first-order valence-corrected chi connectivity index (χ1v) is 9.13. The first-order chi connectivity index (χ1) is 12.1. The Morgan fingerprint density at radius 3 is 2.92 bits per heavy atom. The quantitative estimate of drug-likeness (QED) is 0.823. The number of hydrogen-bond acceptors (Lipinski definition) is 4. The molecule has 3 atom stereocenters. The second-order valence-electron chi connectivity index (χ2n) is 7.00. The minimum Gasteiger partial charge on any atom is -0.479 e. The summed E-state index contributed by atoms with van der Waals surface area (Å²) >= 11 is 0. The maximum atomic E-state index is 13.0. The highest BCUT2D eigenvalue weighted by Gasteiger charge is 2.39. The lowest BCUT2D eigenvalue weighted by Gasteiger charge is -2.44. The van der Waals surface area contributed by atoms with Gasteiger partial charge in [0.05, 0.1) is 24.4 Å². The number of hydrogen-bond donors (Lipinski definition) is 0. The molecule has 0 spiro atoms. The molecule has 1 aliphatic carbocycles. The molecule has 1 aromatic rings. The molecule has 3 aliphatic rings. The number of fused-ring (bicyclic) bond motifs is 2. The molecule has 134 valence electrons. The number of morpholine rings is 1. The minimum absolute atomic E-state index is 0.00236. The number of rotatable bonds is 2. The van der Waals surface area contributed by atoms with Crippen LogP contribution in [0.3, 0.4) is 0 Å². The molecule has 0 unspecified atom stereocenters. The van der Waals surface area contributed by atoms with Gasteiger partial charge in [0.15, 0.2) is 6.10 Å². The van der Waals surface area contributed by atoms with Gasteiger partial charge in [-0.05, 0) is 31.9 Å². The van der Waals surface area contributed by atoms with Crippen LogP contribution in [-0.4, -0.2) is 54.7 Å². The van der Waals surface area contributed by atoms with Crippen molar-refractivity contribution in [3.05, 3.63) is 24.3 Å². The van der Waals surface area contributed by atoms with Crippen LogP contribution in [0.5, 0.6) is 5.75 Å². The second kappa shape index (κ2) is 6.67. The molecule has 2 fully saturated rings. The molecule has 0 N–H and O–H groups in total. The van der Waals surface area contributed by atoms with E-state index in [1.165, 1.54) is 0 Å². The van der Waals surface area contributed by atoms with Gasteiger partial charge in [-0.1, -0.05) is 25.0 Å². The molecule has 0 bridgehead atoms. The monoisotopic (exact) mass is 344 g/mol. The smallest absolute Gasteiger partial charge is 0.268 e. The van der Waals surface area contributed by atoms with E-state index < -0.39 is 6.10 Å². The largest absolute Gasteiger partial charge is 0.479 e. The Kier molecular flexibility index (Phi) is 4.37. The van der Waals surface area contributed by atoms with E-state index in [-0.39, 0.29) is 30.5 Å². The average molecular weight is 344 g/mol. The van der Waals surface area contributed by atoms with Gasteiger partial charge < -0.3 is 14.4 Å². The highest BCUT2D eigenvalue weighted by atomic mass is 16.5. The molecular weight excluding hydrogens is 320 g/mol. The van der Waals surface area contributed by atoms with Gasteiger partial charge in [0.25, 0.3) is 5.91 Å². The molecule has 25 heavy (non-hydrogen) atoms. The number of carbonyl (C=O) groups excluding carboxylic acids is 2. The number of benzene rings is 1. The van der Waals surface area contributed by atoms with Gasteiger partial charge in [-0.25, -0.2) is 0 Å². The molecule has 2 heterocycles. The van der Waals surface area contributed by atoms with Gasteiger partial charge in [0.1, 0.15) is 12.3 Å². The van der Waals surface area contributed by atoms with Crippen molar-refractivity contribution in [3.8, 4) is 5.75 Å². The van der Waals surface area contributed by atoms with Gasteiger partial charge in [-0.15, -0.1) is 0 Å². The summed E-state index contributed by atoms with van der Waals surface area (Å²) in [7, 11) is 0. The van der Waals surface area contributed by atoms with Gasteiger partial charge in [0, 0.05) is 6.54 Å². The van der Waals surface area contributed by atoms with Crippen LogP contribution in [0.2, 0.25) is 0 Å². The van der Waals surface area contributed by atoms with Crippen molar-refractivity contribution in [1.82, 2.24) is 4.90 Å². The summed E-state index contributed by atoms with van der Waals surface area (Å²) < 4.78 is 11.5. The van der Waals surface area contributed by atoms with Crippen LogP contribution in [0.25, 0.3) is 0 Å². The van der Waals surface area contributed by atoms with Crippen molar-refractivity contribution in [2.45, 2.75) is 50.9 Å². The van der Waals surface area contributed by atoms with E-state index in [0.717, 1.165) is 25.7 Å². The Hall–Kier alpha value is -2.08. The third kappa shape index (κ3) is 2.99. The molecule has 2 amide bonds. The molecule has 1 aromatic carbocycles.